The van der Waals surface area contributed by atoms with Crippen LogP contribution in [0, 0.1) is 5.92 Å². The summed E-state index contributed by atoms with van der Waals surface area (Å²) in [5, 5.41) is 20.2. The van der Waals surface area contributed by atoms with E-state index in [1.165, 1.54) is 0 Å². The first-order valence-electron chi connectivity index (χ1n) is 12.6. The van der Waals surface area contributed by atoms with Gasteiger partial charge in [-0.15, -0.1) is 0 Å². The molecule has 0 radical (unpaired) electrons. The molecule has 0 aromatic heterocycles. The SMILES string of the molecule is CC1=C(c2cccc(O)c2)C(c2ccc(OCC(C)N3CCC(C(F)(F)F)C3)cc2)Oc2ccc(O)cc21. The smallest absolute Gasteiger partial charge is 0.393 e. The Labute approximate surface area is 219 Å². The quantitative estimate of drug-likeness (QED) is 0.370. The molecule has 1 fully saturated rings. The minimum Gasteiger partial charge on any atom is -0.508 e. The van der Waals surface area contributed by atoms with Gasteiger partial charge in [-0.3, -0.25) is 4.90 Å². The van der Waals surface area contributed by atoms with E-state index in [1.54, 1.807) is 36.4 Å². The largest absolute Gasteiger partial charge is 0.508 e. The lowest BCUT2D eigenvalue weighted by Crippen LogP contribution is -2.37. The predicted molar refractivity (Wildman–Crippen MR) is 139 cm³/mol. The molecule has 3 aromatic rings. The molecular weight excluding hydrogens is 495 g/mol. The number of aromatic hydroxyl groups is 2. The van der Waals surface area contributed by atoms with Crippen LogP contribution in [0.25, 0.3) is 11.1 Å². The van der Waals surface area contributed by atoms with Gasteiger partial charge in [0.15, 0.2) is 0 Å². The lowest BCUT2D eigenvalue weighted by Gasteiger charge is -2.31. The summed E-state index contributed by atoms with van der Waals surface area (Å²) in [4.78, 5) is 1.83. The molecule has 2 aliphatic rings. The number of rotatable bonds is 6. The van der Waals surface area contributed by atoms with Crippen LogP contribution in [0.4, 0.5) is 13.2 Å². The molecular formula is C30H30F3NO4. The molecule has 38 heavy (non-hydrogen) atoms. The molecule has 0 spiro atoms. The van der Waals surface area contributed by atoms with E-state index in [-0.39, 0.29) is 37.1 Å². The second-order valence-electron chi connectivity index (χ2n) is 10.0. The number of allylic oxidation sites excluding steroid dienone is 1. The lowest BCUT2D eigenvalue weighted by atomic mass is 9.86. The van der Waals surface area contributed by atoms with Crippen molar-refractivity contribution in [3.8, 4) is 23.0 Å². The number of hydrogen-bond acceptors (Lipinski definition) is 5. The summed E-state index contributed by atoms with van der Waals surface area (Å²) in [6, 6.07) is 19.3. The molecule has 2 N–H and O–H groups in total. The van der Waals surface area contributed by atoms with Crippen LogP contribution in [0.1, 0.15) is 43.1 Å². The summed E-state index contributed by atoms with van der Waals surface area (Å²) < 4.78 is 51.4. The summed E-state index contributed by atoms with van der Waals surface area (Å²) in [7, 11) is 0. The minimum atomic E-state index is -4.16. The summed E-state index contributed by atoms with van der Waals surface area (Å²) >= 11 is 0. The van der Waals surface area contributed by atoms with Crippen molar-refractivity contribution in [3.05, 3.63) is 83.4 Å². The number of halogens is 3. The van der Waals surface area contributed by atoms with Crippen molar-refractivity contribution in [2.75, 3.05) is 19.7 Å². The fraction of sp³-hybridized carbons (Fsp3) is 0.333. The Balaban J connectivity index is 1.34. The van der Waals surface area contributed by atoms with Gasteiger partial charge in [-0.2, -0.15) is 13.2 Å². The van der Waals surface area contributed by atoms with Crippen LogP contribution in [0.5, 0.6) is 23.0 Å². The number of hydrogen-bond donors (Lipinski definition) is 2. The molecule has 0 aliphatic carbocycles. The van der Waals surface area contributed by atoms with Crippen molar-refractivity contribution in [3.63, 3.8) is 0 Å². The summed E-state index contributed by atoms with van der Waals surface area (Å²) in [6.07, 6.45) is -4.50. The topological polar surface area (TPSA) is 62.2 Å². The van der Waals surface area contributed by atoms with E-state index in [2.05, 4.69) is 0 Å². The number of benzene rings is 3. The molecule has 0 amide bonds. The Hall–Kier alpha value is -3.65. The third-order valence-electron chi connectivity index (χ3n) is 7.42. The molecule has 2 heterocycles. The molecule has 3 unspecified atom stereocenters. The van der Waals surface area contributed by atoms with E-state index >= 15 is 0 Å². The average molecular weight is 526 g/mol. The van der Waals surface area contributed by atoms with Crippen molar-refractivity contribution in [2.24, 2.45) is 5.92 Å². The van der Waals surface area contributed by atoms with E-state index in [1.807, 2.05) is 49.1 Å². The van der Waals surface area contributed by atoms with Gasteiger partial charge < -0.3 is 19.7 Å². The summed E-state index contributed by atoms with van der Waals surface area (Å²) in [5.41, 5.74) is 4.25. The molecule has 3 atom stereocenters. The van der Waals surface area contributed by atoms with Crippen LogP contribution in [0.15, 0.2) is 66.7 Å². The zero-order chi connectivity index (χ0) is 27.0. The maximum Gasteiger partial charge on any atom is 0.393 e. The number of nitrogens with zero attached hydrogens (tertiary/aromatic N) is 1. The van der Waals surface area contributed by atoms with Crippen molar-refractivity contribution in [1.82, 2.24) is 4.90 Å². The first-order valence-corrected chi connectivity index (χ1v) is 12.6. The molecule has 2 aliphatic heterocycles. The fourth-order valence-electron chi connectivity index (χ4n) is 5.23. The van der Waals surface area contributed by atoms with Crippen LogP contribution < -0.4 is 9.47 Å². The molecule has 5 rings (SSSR count). The summed E-state index contributed by atoms with van der Waals surface area (Å²) in [6.45, 7) is 4.56. The maximum absolute atomic E-state index is 13.0. The van der Waals surface area contributed by atoms with E-state index in [9.17, 15) is 23.4 Å². The summed E-state index contributed by atoms with van der Waals surface area (Å²) in [5.74, 6) is 0.268. The van der Waals surface area contributed by atoms with E-state index in [0.29, 0.717) is 18.0 Å². The van der Waals surface area contributed by atoms with Gasteiger partial charge in [0, 0.05) is 23.7 Å². The minimum absolute atomic E-state index is 0.00867. The molecule has 0 saturated carbocycles. The van der Waals surface area contributed by atoms with E-state index in [4.69, 9.17) is 9.47 Å². The number of phenols is 2. The standard InChI is InChI=1S/C30H30F3NO4/c1-18(34-13-12-22(16-34)30(31,32)33)17-37-25-9-6-20(7-10-25)29-28(21-4-3-5-23(35)14-21)19(2)26-15-24(36)8-11-27(26)38-29/h3-11,14-15,18,22,29,35-36H,12-13,16-17H2,1-2H3. The monoisotopic (exact) mass is 525 g/mol. The molecule has 0 bridgehead atoms. The number of fused-ring (bicyclic) bond motifs is 1. The number of likely N-dealkylation sites (tertiary alicyclic amines) is 1. The maximum atomic E-state index is 13.0. The van der Waals surface area contributed by atoms with Crippen LogP contribution in [-0.4, -0.2) is 47.0 Å². The molecule has 5 nitrogen and oxygen atoms in total. The normalized spacial score (nSPS) is 20.7. The van der Waals surface area contributed by atoms with E-state index in [0.717, 1.165) is 27.8 Å². The Morgan fingerprint density at radius 1 is 1.03 bits per heavy atom. The highest BCUT2D eigenvalue weighted by Gasteiger charge is 2.44. The van der Waals surface area contributed by atoms with E-state index < -0.39 is 18.2 Å². The van der Waals surface area contributed by atoms with Crippen molar-refractivity contribution >= 4 is 11.1 Å². The third-order valence-corrected chi connectivity index (χ3v) is 7.42. The van der Waals surface area contributed by atoms with Crippen LogP contribution in [0.3, 0.4) is 0 Å². The van der Waals surface area contributed by atoms with Gasteiger partial charge in [0.1, 0.15) is 35.7 Å². The van der Waals surface area contributed by atoms with Crippen molar-refractivity contribution in [1.29, 1.82) is 0 Å². The highest BCUT2D eigenvalue weighted by molar-refractivity contribution is 5.95. The first kappa shape index (κ1) is 26.0. The van der Waals surface area contributed by atoms with Crippen LogP contribution in [-0.2, 0) is 0 Å². The van der Waals surface area contributed by atoms with Gasteiger partial charge in [0.25, 0.3) is 0 Å². The first-order chi connectivity index (χ1) is 18.1. The number of phenolic OH excluding ortho intramolecular Hbond substituents is 2. The van der Waals surface area contributed by atoms with Gasteiger partial charge in [-0.05, 0) is 86.0 Å². The van der Waals surface area contributed by atoms with Gasteiger partial charge in [0.05, 0.1) is 5.92 Å². The zero-order valence-electron chi connectivity index (χ0n) is 21.2. The van der Waals surface area contributed by atoms with Gasteiger partial charge in [-0.25, -0.2) is 0 Å². The number of ether oxygens (including phenoxy) is 2. The second-order valence-corrected chi connectivity index (χ2v) is 10.0. The third kappa shape index (κ3) is 5.31. The Bertz CT molecular complexity index is 1340. The van der Waals surface area contributed by atoms with Gasteiger partial charge >= 0.3 is 6.18 Å². The molecule has 8 heteroatoms. The number of alkyl halides is 3. The van der Waals surface area contributed by atoms with Gasteiger partial charge in [-0.1, -0.05) is 24.3 Å². The van der Waals surface area contributed by atoms with Crippen molar-refractivity contribution in [2.45, 2.75) is 38.6 Å². The second kappa shape index (κ2) is 10.3. The average Bonchev–Trinajstić information content (AvgIpc) is 3.39. The predicted octanol–water partition coefficient (Wildman–Crippen LogP) is 6.81. The van der Waals surface area contributed by atoms with Crippen LogP contribution in [0.2, 0.25) is 0 Å². The molecule has 200 valence electrons. The van der Waals surface area contributed by atoms with Crippen LogP contribution >= 0.6 is 0 Å². The Kier molecular flexibility index (Phi) is 7.01. The van der Waals surface area contributed by atoms with Gasteiger partial charge in [0.2, 0.25) is 0 Å². The van der Waals surface area contributed by atoms with Crippen molar-refractivity contribution < 1.29 is 32.9 Å². The molecule has 1 saturated heterocycles. The Morgan fingerprint density at radius 3 is 2.45 bits per heavy atom. The lowest BCUT2D eigenvalue weighted by molar-refractivity contribution is -0.171. The zero-order valence-corrected chi connectivity index (χ0v) is 21.2. The fourth-order valence-corrected chi connectivity index (χ4v) is 5.23. The molecule has 3 aromatic carbocycles. The highest BCUT2D eigenvalue weighted by atomic mass is 19.4. The highest BCUT2D eigenvalue weighted by Crippen LogP contribution is 2.47. The Morgan fingerprint density at radius 2 is 1.76 bits per heavy atom.